The molecule has 0 saturated heterocycles. The molecule has 0 unspecified atom stereocenters. The summed E-state index contributed by atoms with van der Waals surface area (Å²) in [5, 5.41) is 11.4. The summed E-state index contributed by atoms with van der Waals surface area (Å²) >= 11 is 0. The number of nitrogens with zero attached hydrogens (tertiary/aromatic N) is 3. The second-order valence-electron chi connectivity index (χ2n) is 3.37. The van der Waals surface area contributed by atoms with Gasteiger partial charge in [0, 0.05) is 18.5 Å². The smallest absolute Gasteiger partial charge is 0.249 e. The molecule has 19 heavy (non-hydrogen) atoms. The van der Waals surface area contributed by atoms with E-state index in [1.165, 1.54) is 18.5 Å². The zero-order valence-electron chi connectivity index (χ0n) is 9.42. The highest BCUT2D eigenvalue weighted by Crippen LogP contribution is 2.23. The summed E-state index contributed by atoms with van der Waals surface area (Å²) in [5.74, 6) is -2.46. The Hall–Kier alpha value is -2.77. The van der Waals surface area contributed by atoms with Crippen LogP contribution in [0.15, 0.2) is 35.7 Å². The van der Waals surface area contributed by atoms with E-state index in [-0.39, 0.29) is 23.2 Å². The molecule has 0 radical (unpaired) electrons. The van der Waals surface area contributed by atoms with Gasteiger partial charge in [0.25, 0.3) is 0 Å². The first-order chi connectivity index (χ1) is 9.11. The van der Waals surface area contributed by atoms with E-state index in [4.69, 9.17) is 15.7 Å². The summed E-state index contributed by atoms with van der Waals surface area (Å²) in [6, 6.07) is 2.97. The molecule has 6 nitrogen and oxygen atoms in total. The van der Waals surface area contributed by atoms with Crippen molar-refractivity contribution in [2.24, 2.45) is 10.9 Å². The van der Waals surface area contributed by atoms with Crippen molar-refractivity contribution in [3.05, 3.63) is 47.9 Å². The maximum absolute atomic E-state index is 13.0. The summed E-state index contributed by atoms with van der Waals surface area (Å²) in [4.78, 5) is 7.64. The molecule has 0 amide bonds. The van der Waals surface area contributed by atoms with Gasteiger partial charge in [0.15, 0.2) is 23.2 Å². The number of oxime groups is 1. The molecule has 0 aliphatic rings. The number of amidine groups is 1. The number of ether oxygens (including phenoxy) is 1. The summed E-state index contributed by atoms with van der Waals surface area (Å²) in [6.45, 7) is 0. The second-order valence-corrected chi connectivity index (χ2v) is 3.37. The minimum absolute atomic E-state index is 0.00592. The van der Waals surface area contributed by atoms with E-state index in [0.717, 1.165) is 12.1 Å². The Bertz CT molecular complexity index is 634. The van der Waals surface area contributed by atoms with Gasteiger partial charge in [-0.15, -0.1) is 0 Å². The number of hydrogen-bond acceptors (Lipinski definition) is 5. The Balaban J connectivity index is 2.35. The first-order valence-corrected chi connectivity index (χ1v) is 5.03. The lowest BCUT2D eigenvalue weighted by Crippen LogP contribution is -2.16. The highest BCUT2D eigenvalue weighted by atomic mass is 19.2. The Morgan fingerprint density at radius 1 is 1.21 bits per heavy atom. The molecule has 1 heterocycles. The maximum Gasteiger partial charge on any atom is 0.249 e. The second kappa shape index (κ2) is 5.25. The molecule has 1 aromatic carbocycles. The largest absolute Gasteiger partial charge is 0.437 e. The molecule has 3 N–H and O–H groups in total. The predicted octanol–water partition coefficient (Wildman–Crippen LogP) is 1.64. The van der Waals surface area contributed by atoms with Crippen LogP contribution >= 0.6 is 0 Å². The average Bonchev–Trinajstić information content (AvgIpc) is 2.43. The van der Waals surface area contributed by atoms with Gasteiger partial charge in [-0.05, 0) is 12.1 Å². The van der Waals surface area contributed by atoms with Gasteiger partial charge in [-0.25, -0.2) is 18.7 Å². The number of nitrogens with two attached hydrogens (primary N) is 1. The van der Waals surface area contributed by atoms with Crippen LogP contribution in [0.1, 0.15) is 5.69 Å². The maximum atomic E-state index is 13.0. The lowest BCUT2D eigenvalue weighted by molar-refractivity contribution is 0.318. The monoisotopic (exact) mass is 266 g/mol. The van der Waals surface area contributed by atoms with Gasteiger partial charge >= 0.3 is 0 Å². The van der Waals surface area contributed by atoms with Crippen LogP contribution in [-0.2, 0) is 0 Å². The van der Waals surface area contributed by atoms with E-state index in [2.05, 4.69) is 15.1 Å². The number of aromatic nitrogens is 2. The van der Waals surface area contributed by atoms with Crippen LogP contribution in [0.2, 0.25) is 0 Å². The average molecular weight is 266 g/mol. The van der Waals surface area contributed by atoms with E-state index < -0.39 is 11.6 Å². The predicted molar refractivity (Wildman–Crippen MR) is 61.0 cm³/mol. The first kappa shape index (κ1) is 12.7. The van der Waals surface area contributed by atoms with Crippen molar-refractivity contribution in [2.45, 2.75) is 0 Å². The molecule has 0 aliphatic carbocycles. The molecular formula is C11H8F2N4O2. The van der Waals surface area contributed by atoms with Crippen molar-refractivity contribution in [1.29, 1.82) is 0 Å². The van der Waals surface area contributed by atoms with Gasteiger partial charge in [-0.1, -0.05) is 5.16 Å². The fraction of sp³-hybridized carbons (Fsp3) is 0. The SMILES string of the molecule is NC(=NO)c1nccnc1Oc1ccc(F)c(F)c1. The van der Waals surface area contributed by atoms with E-state index in [0.29, 0.717) is 0 Å². The molecule has 0 saturated carbocycles. The van der Waals surface area contributed by atoms with Crippen LogP contribution in [0.4, 0.5) is 8.78 Å². The van der Waals surface area contributed by atoms with E-state index in [1.54, 1.807) is 0 Å². The minimum atomic E-state index is -1.06. The lowest BCUT2D eigenvalue weighted by atomic mass is 10.3. The Labute approximate surface area is 106 Å². The molecule has 0 aliphatic heterocycles. The van der Waals surface area contributed by atoms with Crippen LogP contribution in [-0.4, -0.2) is 21.0 Å². The zero-order chi connectivity index (χ0) is 13.8. The summed E-state index contributed by atoms with van der Waals surface area (Å²) in [7, 11) is 0. The lowest BCUT2D eigenvalue weighted by Gasteiger charge is -2.07. The van der Waals surface area contributed by atoms with Crippen molar-refractivity contribution < 1.29 is 18.7 Å². The van der Waals surface area contributed by atoms with Gasteiger partial charge in [0.1, 0.15) is 5.75 Å². The number of halogens is 2. The molecule has 0 bridgehead atoms. The van der Waals surface area contributed by atoms with Crippen molar-refractivity contribution in [2.75, 3.05) is 0 Å². The van der Waals surface area contributed by atoms with E-state index in [9.17, 15) is 8.78 Å². The van der Waals surface area contributed by atoms with E-state index >= 15 is 0 Å². The third-order valence-corrected chi connectivity index (χ3v) is 2.12. The van der Waals surface area contributed by atoms with Gasteiger partial charge in [0.05, 0.1) is 0 Å². The fourth-order valence-electron chi connectivity index (χ4n) is 1.27. The zero-order valence-corrected chi connectivity index (χ0v) is 9.42. The van der Waals surface area contributed by atoms with Crippen molar-refractivity contribution in [1.82, 2.24) is 9.97 Å². The molecule has 0 fully saturated rings. The first-order valence-electron chi connectivity index (χ1n) is 5.03. The molecule has 0 atom stereocenters. The van der Waals surface area contributed by atoms with Gasteiger partial charge in [-0.2, -0.15) is 0 Å². The molecule has 98 valence electrons. The summed E-state index contributed by atoms with van der Waals surface area (Å²) < 4.78 is 31.0. The Morgan fingerprint density at radius 3 is 2.63 bits per heavy atom. The Morgan fingerprint density at radius 2 is 1.95 bits per heavy atom. The van der Waals surface area contributed by atoms with Gasteiger partial charge in [-0.3, -0.25) is 0 Å². The molecule has 0 spiro atoms. The van der Waals surface area contributed by atoms with Crippen molar-refractivity contribution in [3.8, 4) is 11.6 Å². The number of rotatable bonds is 3. The van der Waals surface area contributed by atoms with Crippen LogP contribution in [0.5, 0.6) is 11.6 Å². The summed E-state index contributed by atoms with van der Waals surface area (Å²) in [5.41, 5.74) is 5.37. The summed E-state index contributed by atoms with van der Waals surface area (Å²) in [6.07, 6.45) is 2.62. The highest BCUT2D eigenvalue weighted by molar-refractivity contribution is 5.97. The van der Waals surface area contributed by atoms with Gasteiger partial charge in [0.2, 0.25) is 5.88 Å². The standard InChI is InChI=1S/C11H8F2N4O2/c12-7-2-1-6(5-8(7)13)19-11-9(10(14)17-18)15-3-4-16-11/h1-5,18H,(H2,14,17). The molecule has 2 rings (SSSR count). The molecule has 1 aromatic heterocycles. The fourth-order valence-corrected chi connectivity index (χ4v) is 1.27. The van der Waals surface area contributed by atoms with Crippen LogP contribution < -0.4 is 10.5 Å². The quantitative estimate of drug-likeness (QED) is 0.381. The molecule has 2 aromatic rings. The minimum Gasteiger partial charge on any atom is -0.437 e. The topological polar surface area (TPSA) is 93.6 Å². The van der Waals surface area contributed by atoms with Gasteiger partial charge < -0.3 is 15.7 Å². The normalized spacial score (nSPS) is 11.4. The third kappa shape index (κ3) is 2.73. The van der Waals surface area contributed by atoms with Crippen molar-refractivity contribution in [3.63, 3.8) is 0 Å². The number of benzene rings is 1. The van der Waals surface area contributed by atoms with Crippen LogP contribution in [0.3, 0.4) is 0 Å². The van der Waals surface area contributed by atoms with Crippen molar-refractivity contribution >= 4 is 5.84 Å². The number of hydrogen-bond donors (Lipinski definition) is 2. The molecule has 8 heteroatoms. The highest BCUT2D eigenvalue weighted by Gasteiger charge is 2.13. The van der Waals surface area contributed by atoms with E-state index in [1.807, 2.05) is 0 Å². The Kier molecular flexibility index (Phi) is 3.51. The third-order valence-electron chi connectivity index (χ3n) is 2.12. The van der Waals surface area contributed by atoms with Crippen LogP contribution in [0.25, 0.3) is 0 Å². The molecular weight excluding hydrogens is 258 g/mol. The van der Waals surface area contributed by atoms with Crippen LogP contribution in [0, 0.1) is 11.6 Å².